The van der Waals surface area contributed by atoms with E-state index in [0.717, 1.165) is 22.3 Å². The van der Waals surface area contributed by atoms with Gasteiger partial charge in [-0.15, -0.1) is 0 Å². The summed E-state index contributed by atoms with van der Waals surface area (Å²) in [5.74, 6) is -1.98. The first-order valence-corrected chi connectivity index (χ1v) is 11.4. The van der Waals surface area contributed by atoms with E-state index in [1.165, 1.54) is 30.3 Å². The number of benzene rings is 3. The van der Waals surface area contributed by atoms with Gasteiger partial charge in [-0.3, -0.25) is 4.79 Å². The summed E-state index contributed by atoms with van der Waals surface area (Å²) in [5.41, 5.74) is 4.62. The van der Waals surface area contributed by atoms with Gasteiger partial charge in [-0.25, -0.2) is 14.0 Å². The zero-order chi connectivity index (χ0) is 25.5. The van der Waals surface area contributed by atoms with Crippen molar-refractivity contribution in [2.45, 2.75) is 18.4 Å². The summed E-state index contributed by atoms with van der Waals surface area (Å²) in [6, 6.07) is 19.7. The number of halogens is 1. The van der Waals surface area contributed by atoms with Gasteiger partial charge in [-0.1, -0.05) is 61.2 Å². The molecule has 7 nitrogen and oxygen atoms in total. The maximum atomic E-state index is 13.1. The van der Waals surface area contributed by atoms with Gasteiger partial charge < -0.3 is 20.1 Å². The SMILES string of the molecule is C=CCOC(=O)[C@H](CC(=O)Nc1ccc(F)cc1)NC(=O)OCC1c2ccccc2-c2ccccc21. The first kappa shape index (κ1) is 24.7. The lowest BCUT2D eigenvalue weighted by molar-refractivity contribution is -0.146. The van der Waals surface area contributed by atoms with E-state index in [1.807, 2.05) is 48.5 Å². The molecule has 0 heterocycles. The van der Waals surface area contributed by atoms with E-state index >= 15 is 0 Å². The topological polar surface area (TPSA) is 93.7 Å². The summed E-state index contributed by atoms with van der Waals surface area (Å²) < 4.78 is 23.6. The van der Waals surface area contributed by atoms with Crippen molar-refractivity contribution in [2.24, 2.45) is 0 Å². The fourth-order valence-corrected chi connectivity index (χ4v) is 4.15. The summed E-state index contributed by atoms with van der Waals surface area (Å²) in [4.78, 5) is 37.6. The van der Waals surface area contributed by atoms with Gasteiger partial charge in [0.1, 0.15) is 25.1 Å². The van der Waals surface area contributed by atoms with E-state index in [0.29, 0.717) is 5.69 Å². The number of alkyl carbamates (subject to hydrolysis) is 1. The lowest BCUT2D eigenvalue weighted by atomic mass is 9.98. The van der Waals surface area contributed by atoms with Crippen LogP contribution in [0.25, 0.3) is 11.1 Å². The molecule has 3 aromatic carbocycles. The molecule has 1 aliphatic rings. The number of esters is 1. The molecule has 1 aliphatic carbocycles. The van der Waals surface area contributed by atoms with Crippen molar-refractivity contribution < 1.29 is 28.2 Å². The molecule has 1 atom stereocenters. The van der Waals surface area contributed by atoms with Gasteiger partial charge in [-0.2, -0.15) is 0 Å². The molecule has 0 unspecified atom stereocenters. The molecular formula is C28H25FN2O5. The normalized spacial score (nSPS) is 12.6. The maximum absolute atomic E-state index is 13.1. The third kappa shape index (κ3) is 5.78. The van der Waals surface area contributed by atoms with Crippen molar-refractivity contribution in [3.05, 3.63) is 102 Å². The van der Waals surface area contributed by atoms with Gasteiger partial charge in [0.25, 0.3) is 0 Å². The molecule has 4 rings (SSSR count). The summed E-state index contributed by atoms with van der Waals surface area (Å²) >= 11 is 0. The fourth-order valence-electron chi connectivity index (χ4n) is 4.15. The van der Waals surface area contributed by atoms with Crippen molar-refractivity contribution in [3.8, 4) is 11.1 Å². The van der Waals surface area contributed by atoms with E-state index in [4.69, 9.17) is 9.47 Å². The van der Waals surface area contributed by atoms with Gasteiger partial charge in [-0.05, 0) is 46.5 Å². The number of ether oxygens (including phenoxy) is 2. The quantitative estimate of drug-likeness (QED) is 0.334. The summed E-state index contributed by atoms with van der Waals surface area (Å²) in [5, 5.41) is 4.99. The Bertz CT molecular complexity index is 1230. The molecule has 8 heteroatoms. The monoisotopic (exact) mass is 488 g/mol. The number of carbonyl (C=O) groups excluding carboxylic acids is 3. The number of hydrogen-bond acceptors (Lipinski definition) is 5. The van der Waals surface area contributed by atoms with E-state index in [-0.39, 0.29) is 19.1 Å². The number of carbonyl (C=O) groups is 3. The van der Waals surface area contributed by atoms with Crippen molar-refractivity contribution in [1.82, 2.24) is 5.32 Å². The first-order valence-electron chi connectivity index (χ1n) is 11.4. The predicted molar refractivity (Wildman–Crippen MR) is 133 cm³/mol. The van der Waals surface area contributed by atoms with Crippen LogP contribution >= 0.6 is 0 Å². The predicted octanol–water partition coefficient (Wildman–Crippen LogP) is 4.79. The standard InChI is InChI=1S/C28H25FN2O5/c1-2-15-35-27(33)25(16-26(32)30-19-13-11-18(29)12-14-19)31-28(34)36-17-24-22-9-5-3-7-20(22)21-8-4-6-10-23(21)24/h2-14,24-25H,1,15-17H2,(H,30,32)(H,31,34)/t25-/m0/s1. The number of hydrogen-bond donors (Lipinski definition) is 2. The molecule has 3 aromatic rings. The Morgan fingerprint density at radius 3 is 2.14 bits per heavy atom. The van der Waals surface area contributed by atoms with Crippen molar-refractivity contribution in [1.29, 1.82) is 0 Å². The van der Waals surface area contributed by atoms with Crippen molar-refractivity contribution >= 4 is 23.7 Å². The first-order chi connectivity index (χ1) is 17.5. The summed E-state index contributed by atoms with van der Waals surface area (Å²) in [6.07, 6.45) is 0.116. The van der Waals surface area contributed by atoms with Gasteiger partial charge in [0, 0.05) is 11.6 Å². The Labute approximate surface area is 207 Å². The van der Waals surface area contributed by atoms with Gasteiger partial charge in [0.15, 0.2) is 0 Å². The lowest BCUT2D eigenvalue weighted by Gasteiger charge is -2.19. The molecule has 2 amide bonds. The lowest BCUT2D eigenvalue weighted by Crippen LogP contribution is -2.44. The van der Waals surface area contributed by atoms with E-state index in [1.54, 1.807) is 0 Å². The van der Waals surface area contributed by atoms with Crippen molar-refractivity contribution in [3.63, 3.8) is 0 Å². The molecular weight excluding hydrogens is 463 g/mol. The molecule has 0 fully saturated rings. The molecule has 2 N–H and O–H groups in total. The number of anilines is 1. The Morgan fingerprint density at radius 2 is 1.53 bits per heavy atom. The van der Waals surface area contributed by atoms with Crippen LogP contribution in [0.4, 0.5) is 14.9 Å². The average Bonchev–Trinajstić information content (AvgIpc) is 3.20. The van der Waals surface area contributed by atoms with Gasteiger partial charge in [0.05, 0.1) is 6.42 Å². The Kier molecular flexibility index (Phi) is 7.75. The van der Waals surface area contributed by atoms with E-state index < -0.39 is 36.2 Å². The molecule has 0 spiro atoms. The van der Waals surface area contributed by atoms with Crippen LogP contribution < -0.4 is 10.6 Å². The zero-order valence-corrected chi connectivity index (χ0v) is 19.4. The van der Waals surface area contributed by atoms with Gasteiger partial charge in [0.2, 0.25) is 5.91 Å². The summed E-state index contributed by atoms with van der Waals surface area (Å²) in [7, 11) is 0. The second-order valence-electron chi connectivity index (χ2n) is 8.20. The van der Waals surface area contributed by atoms with E-state index in [9.17, 15) is 18.8 Å². The van der Waals surface area contributed by atoms with Crippen LogP contribution in [-0.4, -0.2) is 37.2 Å². The van der Waals surface area contributed by atoms with Crippen LogP contribution in [0.5, 0.6) is 0 Å². The van der Waals surface area contributed by atoms with Crippen LogP contribution in [0, 0.1) is 5.82 Å². The number of fused-ring (bicyclic) bond motifs is 3. The highest BCUT2D eigenvalue weighted by atomic mass is 19.1. The number of amides is 2. The molecule has 0 radical (unpaired) electrons. The smallest absolute Gasteiger partial charge is 0.407 e. The largest absolute Gasteiger partial charge is 0.460 e. The molecule has 36 heavy (non-hydrogen) atoms. The fraction of sp³-hybridized carbons (Fsp3) is 0.179. The minimum absolute atomic E-state index is 0.0516. The highest BCUT2D eigenvalue weighted by Gasteiger charge is 2.30. The van der Waals surface area contributed by atoms with Gasteiger partial charge >= 0.3 is 12.1 Å². The third-order valence-electron chi connectivity index (χ3n) is 5.78. The minimum Gasteiger partial charge on any atom is -0.460 e. The molecule has 0 saturated heterocycles. The van der Waals surface area contributed by atoms with Crippen molar-refractivity contribution in [2.75, 3.05) is 18.5 Å². The second-order valence-corrected chi connectivity index (χ2v) is 8.20. The van der Waals surface area contributed by atoms with Crippen LogP contribution in [0.2, 0.25) is 0 Å². The van der Waals surface area contributed by atoms with Crippen LogP contribution in [0.15, 0.2) is 85.5 Å². The number of rotatable bonds is 9. The van der Waals surface area contributed by atoms with Crippen LogP contribution in [-0.2, 0) is 19.1 Å². The summed E-state index contributed by atoms with van der Waals surface area (Å²) in [6.45, 7) is 3.46. The zero-order valence-electron chi connectivity index (χ0n) is 19.4. The molecule has 184 valence electrons. The van der Waals surface area contributed by atoms with Crippen LogP contribution in [0.1, 0.15) is 23.5 Å². The molecule has 0 aliphatic heterocycles. The van der Waals surface area contributed by atoms with E-state index in [2.05, 4.69) is 17.2 Å². The Balaban J connectivity index is 1.40. The average molecular weight is 489 g/mol. The highest BCUT2D eigenvalue weighted by molar-refractivity contribution is 5.95. The molecule has 0 saturated carbocycles. The number of nitrogens with one attached hydrogen (secondary N) is 2. The third-order valence-corrected chi connectivity index (χ3v) is 5.78. The molecule has 0 aromatic heterocycles. The van der Waals surface area contributed by atoms with Crippen LogP contribution in [0.3, 0.4) is 0 Å². The highest BCUT2D eigenvalue weighted by Crippen LogP contribution is 2.44. The molecule has 0 bridgehead atoms. The Hall–Kier alpha value is -4.46. The Morgan fingerprint density at radius 1 is 0.917 bits per heavy atom. The minimum atomic E-state index is -1.29. The second kappa shape index (κ2) is 11.3. The maximum Gasteiger partial charge on any atom is 0.407 e.